The number of hydrogen-bond donors (Lipinski definition) is 2. The fourth-order valence-corrected chi connectivity index (χ4v) is 3.96. The highest BCUT2D eigenvalue weighted by molar-refractivity contribution is 6.11. The van der Waals surface area contributed by atoms with Gasteiger partial charge in [-0.2, -0.15) is 5.10 Å². The van der Waals surface area contributed by atoms with Crippen LogP contribution in [0.1, 0.15) is 25.8 Å². The highest BCUT2D eigenvalue weighted by Gasteiger charge is 2.22. The molecule has 1 atom stereocenters. The van der Waals surface area contributed by atoms with Crippen LogP contribution in [0.5, 0.6) is 11.5 Å². The summed E-state index contributed by atoms with van der Waals surface area (Å²) in [5, 5.41) is 11.8. The predicted octanol–water partition coefficient (Wildman–Crippen LogP) is 5.53. The van der Waals surface area contributed by atoms with Gasteiger partial charge in [-0.25, -0.2) is 4.99 Å². The van der Waals surface area contributed by atoms with E-state index in [0.29, 0.717) is 18.3 Å². The van der Waals surface area contributed by atoms with Gasteiger partial charge in [0.05, 0.1) is 36.8 Å². The number of H-pyrrole nitrogens is 1. The van der Waals surface area contributed by atoms with Crippen LogP contribution in [0.4, 0.5) is 5.69 Å². The van der Waals surface area contributed by atoms with E-state index in [0.717, 1.165) is 51.6 Å². The van der Waals surface area contributed by atoms with Crippen molar-refractivity contribution in [3.8, 4) is 11.5 Å². The van der Waals surface area contributed by atoms with Crippen molar-refractivity contribution in [2.45, 2.75) is 20.3 Å². The summed E-state index contributed by atoms with van der Waals surface area (Å²) in [6.45, 7) is 4.75. The summed E-state index contributed by atoms with van der Waals surface area (Å²) in [6, 6.07) is 12.0. The molecule has 2 aliphatic heterocycles. The van der Waals surface area contributed by atoms with Crippen LogP contribution in [0, 0.1) is 5.92 Å². The number of allylic oxidation sites excluding steroid dienone is 2. The van der Waals surface area contributed by atoms with Gasteiger partial charge in [0.15, 0.2) is 17.3 Å². The molecule has 0 saturated carbocycles. The monoisotopic (exact) mass is 441 g/mol. The molecule has 7 nitrogen and oxygen atoms in total. The maximum absolute atomic E-state index is 5.66. The Morgan fingerprint density at radius 3 is 2.94 bits per heavy atom. The first-order valence-electron chi connectivity index (χ1n) is 11.1. The van der Waals surface area contributed by atoms with E-state index >= 15 is 0 Å². The second kappa shape index (κ2) is 8.86. The molecule has 3 aromatic rings. The molecular weight excluding hydrogens is 414 g/mol. The van der Waals surface area contributed by atoms with E-state index in [1.807, 2.05) is 31.3 Å². The molecule has 0 aliphatic carbocycles. The molecule has 2 aromatic carbocycles. The summed E-state index contributed by atoms with van der Waals surface area (Å²) in [5.41, 5.74) is 4.76. The lowest BCUT2D eigenvalue weighted by Crippen LogP contribution is -2.27. The Labute approximate surface area is 193 Å². The molecular formula is C26H27N5O2. The van der Waals surface area contributed by atoms with Crippen LogP contribution in [0.15, 0.2) is 77.8 Å². The Bertz CT molecular complexity index is 1300. The number of fused-ring (bicyclic) bond motifs is 2. The van der Waals surface area contributed by atoms with E-state index in [1.165, 1.54) is 0 Å². The van der Waals surface area contributed by atoms with E-state index in [2.05, 4.69) is 70.1 Å². The Kier molecular flexibility index (Phi) is 5.60. The smallest absolute Gasteiger partial charge is 0.162 e. The van der Waals surface area contributed by atoms with Gasteiger partial charge >= 0.3 is 0 Å². The molecule has 1 aromatic heterocycles. The maximum atomic E-state index is 5.66. The topological polar surface area (TPSA) is 74.8 Å². The number of aromatic nitrogens is 2. The van der Waals surface area contributed by atoms with Crippen molar-refractivity contribution >= 4 is 28.1 Å². The van der Waals surface area contributed by atoms with Gasteiger partial charge < -0.3 is 19.7 Å². The second-order valence-corrected chi connectivity index (χ2v) is 8.12. The van der Waals surface area contributed by atoms with Gasteiger partial charge in [-0.3, -0.25) is 5.10 Å². The molecule has 5 rings (SSSR count). The zero-order chi connectivity index (χ0) is 22.8. The highest BCUT2D eigenvalue weighted by atomic mass is 16.5. The van der Waals surface area contributed by atoms with Crippen LogP contribution in [0.2, 0.25) is 0 Å². The summed E-state index contributed by atoms with van der Waals surface area (Å²) < 4.78 is 11.2. The fraction of sp³-hybridized carbons (Fsp3) is 0.231. The van der Waals surface area contributed by atoms with Gasteiger partial charge in [-0.1, -0.05) is 31.2 Å². The number of benzene rings is 2. The molecule has 168 valence electrons. The molecule has 2 aliphatic rings. The van der Waals surface area contributed by atoms with Gasteiger partial charge in [0.2, 0.25) is 0 Å². The number of hydrogen-bond acceptors (Lipinski definition) is 6. The van der Waals surface area contributed by atoms with Crippen molar-refractivity contribution in [3.05, 3.63) is 78.4 Å². The van der Waals surface area contributed by atoms with Crippen LogP contribution in [0.3, 0.4) is 0 Å². The van der Waals surface area contributed by atoms with Crippen molar-refractivity contribution in [1.29, 1.82) is 0 Å². The number of rotatable bonds is 5. The number of aliphatic imine (C=N–C) groups is 1. The van der Waals surface area contributed by atoms with Gasteiger partial charge in [0.1, 0.15) is 0 Å². The summed E-state index contributed by atoms with van der Waals surface area (Å²) >= 11 is 0. The maximum Gasteiger partial charge on any atom is 0.162 e. The quantitative estimate of drug-likeness (QED) is 0.544. The van der Waals surface area contributed by atoms with Crippen LogP contribution in [-0.4, -0.2) is 34.6 Å². The van der Waals surface area contributed by atoms with E-state index < -0.39 is 0 Å². The highest BCUT2D eigenvalue weighted by Crippen LogP contribution is 2.33. The average molecular weight is 442 g/mol. The molecule has 33 heavy (non-hydrogen) atoms. The largest absolute Gasteiger partial charge is 0.493 e. The number of amidine groups is 1. The van der Waals surface area contributed by atoms with E-state index in [1.54, 1.807) is 7.11 Å². The Hall–Kier alpha value is -4.00. The molecule has 0 radical (unpaired) electrons. The molecule has 2 N–H and O–H groups in total. The second-order valence-electron chi connectivity index (χ2n) is 8.12. The van der Waals surface area contributed by atoms with Gasteiger partial charge in [-0.05, 0) is 37.5 Å². The molecule has 3 heterocycles. The van der Waals surface area contributed by atoms with E-state index in [9.17, 15) is 0 Å². The number of aromatic amines is 1. The normalized spacial score (nSPS) is 17.6. The Morgan fingerprint density at radius 2 is 2.09 bits per heavy atom. The molecule has 7 heteroatoms. The van der Waals surface area contributed by atoms with Crippen LogP contribution >= 0.6 is 0 Å². The van der Waals surface area contributed by atoms with Crippen molar-refractivity contribution < 1.29 is 9.47 Å². The lowest BCUT2D eigenvalue weighted by molar-refractivity contribution is 0.311. The average Bonchev–Trinajstić information content (AvgIpc) is 3.22. The van der Waals surface area contributed by atoms with Crippen LogP contribution in [0.25, 0.3) is 16.6 Å². The zero-order valence-electron chi connectivity index (χ0n) is 19.0. The molecule has 0 amide bonds. The third-order valence-corrected chi connectivity index (χ3v) is 5.74. The molecule has 0 bridgehead atoms. The first-order chi connectivity index (χ1) is 16.1. The van der Waals surface area contributed by atoms with Crippen molar-refractivity contribution in [2.75, 3.05) is 19.0 Å². The fourth-order valence-electron chi connectivity index (χ4n) is 3.96. The SMILES string of the molecule is CCOc1ccc(NC2=NC(c3ccc4cn[nH]c4c3)=CN3C=CC(C)CC=C23)cc1OC. The van der Waals surface area contributed by atoms with Gasteiger partial charge in [0.25, 0.3) is 0 Å². The molecule has 0 saturated heterocycles. The number of ether oxygens (including phenoxy) is 2. The minimum Gasteiger partial charge on any atom is -0.493 e. The van der Waals surface area contributed by atoms with E-state index in [-0.39, 0.29) is 0 Å². The molecule has 0 fully saturated rings. The summed E-state index contributed by atoms with van der Waals surface area (Å²) in [5.74, 6) is 2.63. The third-order valence-electron chi connectivity index (χ3n) is 5.74. The molecule has 0 spiro atoms. The number of nitrogens with one attached hydrogen (secondary N) is 2. The van der Waals surface area contributed by atoms with Gasteiger partial charge in [0, 0.05) is 35.1 Å². The Morgan fingerprint density at radius 1 is 1.18 bits per heavy atom. The summed E-state index contributed by atoms with van der Waals surface area (Å²) in [6.07, 6.45) is 11.4. The standard InChI is InChI=1S/C26H27N5O2/c1-4-33-24-10-8-20(14-25(24)32-3)28-26-23-9-5-17(2)11-12-31(23)16-22(29-26)18-6-7-19-15-27-30-21(19)13-18/h6-17H,4-5H2,1-3H3,(H,27,30)(H,28,29). The van der Waals surface area contributed by atoms with Crippen molar-refractivity contribution in [1.82, 2.24) is 15.1 Å². The minimum absolute atomic E-state index is 0.452. The molecule has 1 unspecified atom stereocenters. The number of anilines is 1. The van der Waals surface area contributed by atoms with Crippen LogP contribution < -0.4 is 14.8 Å². The summed E-state index contributed by atoms with van der Waals surface area (Å²) in [4.78, 5) is 7.16. The predicted molar refractivity (Wildman–Crippen MR) is 132 cm³/mol. The lowest BCUT2D eigenvalue weighted by Gasteiger charge is -2.27. The number of nitrogens with zero attached hydrogens (tertiary/aromatic N) is 3. The first kappa shape index (κ1) is 20.9. The first-order valence-corrected chi connectivity index (χ1v) is 11.1. The van der Waals surface area contributed by atoms with E-state index in [4.69, 9.17) is 14.5 Å². The zero-order valence-corrected chi connectivity index (χ0v) is 19.0. The van der Waals surface area contributed by atoms with Crippen LogP contribution in [-0.2, 0) is 0 Å². The third kappa shape index (κ3) is 4.22. The van der Waals surface area contributed by atoms with Crippen molar-refractivity contribution in [2.24, 2.45) is 10.9 Å². The Balaban J connectivity index is 1.54. The summed E-state index contributed by atoms with van der Waals surface area (Å²) in [7, 11) is 1.65. The number of methoxy groups -OCH3 is 1. The van der Waals surface area contributed by atoms with Gasteiger partial charge in [-0.15, -0.1) is 0 Å². The minimum atomic E-state index is 0.452. The van der Waals surface area contributed by atoms with Crippen molar-refractivity contribution in [3.63, 3.8) is 0 Å². The lowest BCUT2D eigenvalue weighted by atomic mass is 10.1.